The molecule has 0 unspecified atom stereocenters. The number of rotatable bonds is 9. The SMILES string of the molecule is O=C(CCc1ncc(-c2ccc(Cl)cc2Cl)o1)NCCc1ccc(OC(F)F)cc1. The van der Waals surface area contributed by atoms with Crippen LogP contribution in [0.25, 0.3) is 11.3 Å². The molecule has 0 aliphatic rings. The van der Waals surface area contributed by atoms with Crippen molar-refractivity contribution in [1.29, 1.82) is 0 Å². The summed E-state index contributed by atoms with van der Waals surface area (Å²) < 4.78 is 34.2. The third-order valence-corrected chi connectivity index (χ3v) is 4.75. The molecule has 3 aromatic rings. The zero-order chi connectivity index (χ0) is 21.5. The molecule has 3 rings (SSSR count). The normalized spacial score (nSPS) is 11.0. The van der Waals surface area contributed by atoms with Gasteiger partial charge in [0.15, 0.2) is 11.7 Å². The first-order chi connectivity index (χ1) is 14.4. The maximum atomic E-state index is 12.1. The second-order valence-electron chi connectivity index (χ2n) is 6.36. The minimum atomic E-state index is -2.85. The van der Waals surface area contributed by atoms with Gasteiger partial charge in [0, 0.05) is 30.0 Å². The summed E-state index contributed by atoms with van der Waals surface area (Å²) in [7, 11) is 0. The number of nitrogens with zero attached hydrogens (tertiary/aromatic N) is 1. The molecule has 0 saturated carbocycles. The average molecular weight is 455 g/mol. The van der Waals surface area contributed by atoms with Gasteiger partial charge >= 0.3 is 6.61 Å². The molecule has 2 aromatic carbocycles. The molecule has 0 aliphatic carbocycles. The molecule has 0 spiro atoms. The molecule has 0 fully saturated rings. The van der Waals surface area contributed by atoms with Crippen LogP contribution in [0.5, 0.6) is 5.75 Å². The number of alkyl halides is 2. The van der Waals surface area contributed by atoms with Crippen LogP contribution >= 0.6 is 23.2 Å². The number of benzene rings is 2. The van der Waals surface area contributed by atoms with Gasteiger partial charge in [0.2, 0.25) is 5.91 Å². The highest BCUT2D eigenvalue weighted by atomic mass is 35.5. The molecule has 30 heavy (non-hydrogen) atoms. The molecule has 0 bridgehead atoms. The monoisotopic (exact) mass is 454 g/mol. The fourth-order valence-electron chi connectivity index (χ4n) is 2.73. The Morgan fingerprint density at radius 1 is 1.13 bits per heavy atom. The van der Waals surface area contributed by atoms with Crippen LogP contribution in [-0.4, -0.2) is 24.0 Å². The van der Waals surface area contributed by atoms with Crippen LogP contribution in [0.15, 0.2) is 53.1 Å². The number of amides is 1. The lowest BCUT2D eigenvalue weighted by molar-refractivity contribution is -0.121. The number of carbonyl (C=O) groups is 1. The molecule has 0 aliphatic heterocycles. The van der Waals surface area contributed by atoms with Crippen molar-refractivity contribution < 1.29 is 22.7 Å². The van der Waals surface area contributed by atoms with Gasteiger partial charge in [-0.05, 0) is 42.3 Å². The van der Waals surface area contributed by atoms with Gasteiger partial charge in [-0.3, -0.25) is 4.79 Å². The molecule has 1 N–H and O–H groups in total. The minimum Gasteiger partial charge on any atom is -0.441 e. The number of oxazole rings is 1. The van der Waals surface area contributed by atoms with E-state index < -0.39 is 6.61 Å². The van der Waals surface area contributed by atoms with Crippen molar-refractivity contribution in [2.75, 3.05) is 6.54 Å². The van der Waals surface area contributed by atoms with Gasteiger partial charge < -0.3 is 14.5 Å². The van der Waals surface area contributed by atoms with Gasteiger partial charge in [-0.15, -0.1) is 0 Å². The maximum Gasteiger partial charge on any atom is 0.387 e. The van der Waals surface area contributed by atoms with Crippen LogP contribution in [0.1, 0.15) is 17.9 Å². The summed E-state index contributed by atoms with van der Waals surface area (Å²) >= 11 is 12.1. The molecule has 158 valence electrons. The number of ether oxygens (including phenoxy) is 1. The summed E-state index contributed by atoms with van der Waals surface area (Å²) in [6.45, 7) is -2.43. The second kappa shape index (κ2) is 10.4. The Hall–Kier alpha value is -2.64. The van der Waals surface area contributed by atoms with E-state index in [9.17, 15) is 13.6 Å². The maximum absolute atomic E-state index is 12.1. The molecule has 1 aromatic heterocycles. The van der Waals surface area contributed by atoms with Crippen molar-refractivity contribution in [3.63, 3.8) is 0 Å². The molecule has 0 saturated heterocycles. The lowest BCUT2D eigenvalue weighted by atomic mass is 10.1. The molecule has 1 amide bonds. The largest absolute Gasteiger partial charge is 0.441 e. The summed E-state index contributed by atoms with van der Waals surface area (Å²) in [6.07, 6.45) is 2.69. The molecule has 5 nitrogen and oxygen atoms in total. The molecule has 1 heterocycles. The van der Waals surface area contributed by atoms with Crippen LogP contribution in [0.2, 0.25) is 10.0 Å². The predicted molar refractivity (Wildman–Crippen MR) is 110 cm³/mol. The average Bonchev–Trinajstić information content (AvgIpc) is 3.16. The van der Waals surface area contributed by atoms with Gasteiger partial charge in [0.25, 0.3) is 0 Å². The lowest BCUT2D eigenvalue weighted by Gasteiger charge is -2.07. The smallest absolute Gasteiger partial charge is 0.387 e. The predicted octanol–water partition coefficient (Wildman–Crippen LogP) is 5.54. The Bertz CT molecular complexity index is 994. The van der Waals surface area contributed by atoms with E-state index in [-0.39, 0.29) is 18.1 Å². The first kappa shape index (κ1) is 22.1. The Kier molecular flexibility index (Phi) is 7.65. The van der Waals surface area contributed by atoms with Crippen molar-refractivity contribution >= 4 is 29.1 Å². The third-order valence-electron chi connectivity index (χ3n) is 4.20. The van der Waals surface area contributed by atoms with E-state index in [4.69, 9.17) is 27.6 Å². The van der Waals surface area contributed by atoms with E-state index in [1.54, 1.807) is 36.5 Å². The quantitative estimate of drug-likeness (QED) is 0.460. The minimum absolute atomic E-state index is 0.1000. The second-order valence-corrected chi connectivity index (χ2v) is 7.21. The van der Waals surface area contributed by atoms with Crippen molar-refractivity contribution in [3.8, 4) is 17.1 Å². The highest BCUT2D eigenvalue weighted by Gasteiger charge is 2.12. The van der Waals surface area contributed by atoms with E-state index in [1.807, 2.05) is 0 Å². The van der Waals surface area contributed by atoms with E-state index in [0.29, 0.717) is 46.6 Å². The van der Waals surface area contributed by atoms with Gasteiger partial charge in [-0.25, -0.2) is 4.98 Å². The van der Waals surface area contributed by atoms with Gasteiger partial charge in [0.1, 0.15) is 5.75 Å². The Balaban J connectivity index is 1.42. The number of aryl methyl sites for hydroxylation is 1. The van der Waals surface area contributed by atoms with Crippen LogP contribution < -0.4 is 10.1 Å². The molecule has 0 atom stereocenters. The molecule has 0 radical (unpaired) electrons. The summed E-state index contributed by atoms with van der Waals surface area (Å²) in [6, 6.07) is 11.4. The zero-order valence-corrected chi connectivity index (χ0v) is 17.2. The summed E-state index contributed by atoms with van der Waals surface area (Å²) in [5.41, 5.74) is 1.57. The molecular formula is C21H18Cl2F2N2O3. The summed E-state index contributed by atoms with van der Waals surface area (Å²) in [5, 5.41) is 3.79. The van der Waals surface area contributed by atoms with Crippen LogP contribution in [0, 0.1) is 0 Å². The molecule has 9 heteroatoms. The van der Waals surface area contributed by atoms with Crippen LogP contribution in [0.4, 0.5) is 8.78 Å². The topological polar surface area (TPSA) is 64.4 Å². The van der Waals surface area contributed by atoms with Gasteiger partial charge in [0.05, 0.1) is 11.2 Å². The first-order valence-corrected chi connectivity index (χ1v) is 9.87. The Morgan fingerprint density at radius 3 is 2.60 bits per heavy atom. The highest BCUT2D eigenvalue weighted by molar-refractivity contribution is 6.36. The fraction of sp³-hybridized carbons (Fsp3) is 0.238. The van der Waals surface area contributed by atoms with E-state index >= 15 is 0 Å². The van der Waals surface area contributed by atoms with Gasteiger partial charge in [-0.1, -0.05) is 35.3 Å². The van der Waals surface area contributed by atoms with E-state index in [2.05, 4.69) is 15.0 Å². The molecular weight excluding hydrogens is 437 g/mol. The first-order valence-electron chi connectivity index (χ1n) is 9.11. The highest BCUT2D eigenvalue weighted by Crippen LogP contribution is 2.30. The van der Waals surface area contributed by atoms with Crippen molar-refractivity contribution in [2.24, 2.45) is 0 Å². The number of hydrogen-bond donors (Lipinski definition) is 1. The Labute approximate surface area is 182 Å². The zero-order valence-electron chi connectivity index (χ0n) is 15.7. The standard InChI is InChI=1S/C21H18Cl2F2N2O3/c22-14-3-6-16(17(23)11-14)18-12-27-20(30-18)8-7-19(28)26-10-9-13-1-4-15(5-2-13)29-21(24)25/h1-6,11-12,21H,7-10H2,(H,26,28). The number of nitrogens with one attached hydrogen (secondary N) is 1. The number of aromatic nitrogens is 1. The summed E-state index contributed by atoms with van der Waals surface area (Å²) in [4.78, 5) is 16.2. The van der Waals surface area contributed by atoms with Crippen molar-refractivity contribution in [2.45, 2.75) is 25.9 Å². The van der Waals surface area contributed by atoms with Crippen LogP contribution in [-0.2, 0) is 17.6 Å². The van der Waals surface area contributed by atoms with E-state index in [1.165, 1.54) is 12.1 Å². The van der Waals surface area contributed by atoms with Crippen molar-refractivity contribution in [3.05, 3.63) is 70.2 Å². The van der Waals surface area contributed by atoms with Crippen molar-refractivity contribution in [1.82, 2.24) is 10.3 Å². The fourth-order valence-corrected chi connectivity index (χ4v) is 3.23. The lowest BCUT2D eigenvalue weighted by Crippen LogP contribution is -2.25. The van der Waals surface area contributed by atoms with Gasteiger partial charge in [-0.2, -0.15) is 8.78 Å². The summed E-state index contributed by atoms with van der Waals surface area (Å²) in [5.74, 6) is 0.895. The Morgan fingerprint density at radius 2 is 1.90 bits per heavy atom. The van der Waals surface area contributed by atoms with Crippen LogP contribution in [0.3, 0.4) is 0 Å². The third kappa shape index (κ3) is 6.43. The number of halogens is 4. The number of hydrogen-bond acceptors (Lipinski definition) is 4. The number of carbonyl (C=O) groups excluding carboxylic acids is 1. The van der Waals surface area contributed by atoms with E-state index in [0.717, 1.165) is 5.56 Å².